The summed E-state index contributed by atoms with van der Waals surface area (Å²) in [7, 11) is 0. The van der Waals surface area contributed by atoms with Crippen molar-refractivity contribution in [3.8, 4) is 5.69 Å². The summed E-state index contributed by atoms with van der Waals surface area (Å²) in [6.45, 7) is 3.82. The molecule has 0 radical (unpaired) electrons. The number of rotatable bonds is 3. The number of carbonyl (C=O) groups excluding carboxylic acids is 1. The van der Waals surface area contributed by atoms with E-state index in [9.17, 15) is 9.59 Å². The van der Waals surface area contributed by atoms with Crippen LogP contribution in [0.25, 0.3) is 16.8 Å². The number of nitrogens with zero attached hydrogens (tertiary/aromatic N) is 2. The molecule has 150 valence electrons. The van der Waals surface area contributed by atoms with Gasteiger partial charge in [0.1, 0.15) is 11.6 Å². The van der Waals surface area contributed by atoms with Crippen molar-refractivity contribution >= 4 is 22.9 Å². The van der Waals surface area contributed by atoms with E-state index < -0.39 is 17.5 Å². The van der Waals surface area contributed by atoms with Crippen LogP contribution in [-0.4, -0.2) is 16.3 Å². The maximum absolute atomic E-state index is 12.8. The third-order valence-corrected chi connectivity index (χ3v) is 5.45. The summed E-state index contributed by atoms with van der Waals surface area (Å²) in [6.07, 6.45) is -0.396. The molecule has 1 aliphatic heterocycles. The van der Waals surface area contributed by atoms with Crippen LogP contribution in [-0.2, 0) is 4.74 Å². The van der Waals surface area contributed by atoms with E-state index in [1.54, 1.807) is 23.1 Å². The largest absolute Gasteiger partial charge is 0.441 e. The van der Waals surface area contributed by atoms with E-state index in [4.69, 9.17) is 9.15 Å². The van der Waals surface area contributed by atoms with Crippen LogP contribution in [0.2, 0.25) is 0 Å². The number of anilines is 1. The zero-order chi connectivity index (χ0) is 20.9. The Bertz CT molecular complexity index is 1290. The molecular weight excluding hydrogens is 380 g/mol. The van der Waals surface area contributed by atoms with E-state index >= 15 is 0 Å². The maximum atomic E-state index is 12.8. The molecule has 1 atom stereocenters. The Morgan fingerprint density at radius 2 is 1.43 bits per heavy atom. The van der Waals surface area contributed by atoms with Crippen LogP contribution in [0, 0.1) is 0 Å². The number of carbonyl (C=O) groups is 1. The lowest BCUT2D eigenvalue weighted by molar-refractivity contribution is 0.0685. The fourth-order valence-electron chi connectivity index (χ4n) is 4.16. The van der Waals surface area contributed by atoms with Crippen LogP contribution in [0.4, 0.5) is 10.5 Å². The fourth-order valence-corrected chi connectivity index (χ4v) is 4.16. The highest BCUT2D eigenvalue weighted by Crippen LogP contribution is 2.43. The van der Waals surface area contributed by atoms with Gasteiger partial charge < -0.3 is 9.15 Å². The van der Waals surface area contributed by atoms with Gasteiger partial charge in [-0.1, -0.05) is 42.5 Å². The third-order valence-electron chi connectivity index (χ3n) is 5.45. The molecule has 0 unspecified atom stereocenters. The summed E-state index contributed by atoms with van der Waals surface area (Å²) in [6, 6.07) is 24.1. The molecule has 1 amide bonds. The number of ether oxygens (including phenoxy) is 1. The molecule has 0 spiro atoms. The van der Waals surface area contributed by atoms with Crippen LogP contribution in [0.15, 0.2) is 88.1 Å². The van der Waals surface area contributed by atoms with Crippen molar-refractivity contribution in [3.05, 3.63) is 95.0 Å². The van der Waals surface area contributed by atoms with Gasteiger partial charge in [0, 0.05) is 5.69 Å². The molecule has 1 aliphatic rings. The lowest BCUT2D eigenvalue weighted by atomic mass is 9.91. The lowest BCUT2D eigenvalue weighted by Gasteiger charge is -2.29. The number of benzene rings is 3. The summed E-state index contributed by atoms with van der Waals surface area (Å²) in [5.41, 5.74) is 2.89. The highest BCUT2D eigenvalue weighted by Gasteiger charge is 2.49. The molecular formula is C24H20N2O4. The Hall–Kier alpha value is -3.80. The van der Waals surface area contributed by atoms with Gasteiger partial charge >= 0.3 is 11.8 Å². The molecule has 5 rings (SSSR count). The first-order valence-electron chi connectivity index (χ1n) is 9.74. The van der Waals surface area contributed by atoms with E-state index in [1.807, 2.05) is 74.5 Å². The molecule has 30 heavy (non-hydrogen) atoms. The second-order valence-electron chi connectivity index (χ2n) is 7.84. The fraction of sp³-hybridized carbons (Fsp3) is 0.167. The zero-order valence-corrected chi connectivity index (χ0v) is 16.6. The van der Waals surface area contributed by atoms with Crippen LogP contribution in [0.3, 0.4) is 0 Å². The molecule has 1 saturated heterocycles. The highest BCUT2D eigenvalue weighted by atomic mass is 16.6. The van der Waals surface area contributed by atoms with Gasteiger partial charge in [0.15, 0.2) is 5.58 Å². The van der Waals surface area contributed by atoms with E-state index in [2.05, 4.69) is 0 Å². The molecule has 2 heterocycles. The lowest BCUT2D eigenvalue weighted by Crippen LogP contribution is -2.33. The quantitative estimate of drug-likeness (QED) is 0.482. The van der Waals surface area contributed by atoms with Gasteiger partial charge in [-0.3, -0.25) is 4.90 Å². The van der Waals surface area contributed by atoms with Gasteiger partial charge in [-0.05, 0) is 55.8 Å². The van der Waals surface area contributed by atoms with Crippen LogP contribution in [0.5, 0.6) is 0 Å². The first-order valence-corrected chi connectivity index (χ1v) is 9.74. The van der Waals surface area contributed by atoms with Gasteiger partial charge in [-0.15, -0.1) is 0 Å². The molecule has 0 aliphatic carbocycles. The Balaban J connectivity index is 1.57. The van der Waals surface area contributed by atoms with Gasteiger partial charge in [0.25, 0.3) is 0 Å². The van der Waals surface area contributed by atoms with Crippen molar-refractivity contribution in [2.24, 2.45) is 0 Å². The van der Waals surface area contributed by atoms with Gasteiger partial charge in [0.05, 0.1) is 11.2 Å². The first kappa shape index (κ1) is 18.2. The molecule has 0 bridgehead atoms. The molecule has 6 nitrogen and oxygen atoms in total. The summed E-state index contributed by atoms with van der Waals surface area (Å²) >= 11 is 0. The summed E-state index contributed by atoms with van der Waals surface area (Å²) in [5.74, 6) is -0.451. The number of hydrogen-bond donors (Lipinski definition) is 0. The molecule has 0 saturated carbocycles. The number of para-hydroxylation sites is 2. The standard InChI is InChI=1S/C24H20N2O4/c1-24(2)21(16-8-4-3-5-9-16)26(23(28)30-24)18-14-12-17(13-15-18)25-19-10-6-7-11-20(19)29-22(25)27/h3-15,21H,1-2H3/t21-/m0/s1. The SMILES string of the molecule is CC1(C)OC(=O)N(c2ccc(-n3c(=O)oc4ccccc43)cc2)[C@H]1c1ccccc1. The minimum Gasteiger partial charge on any atom is -0.441 e. The van der Waals surface area contributed by atoms with E-state index in [-0.39, 0.29) is 6.04 Å². The number of hydrogen-bond acceptors (Lipinski definition) is 4. The predicted octanol–water partition coefficient (Wildman–Crippen LogP) is 5.06. The van der Waals surface area contributed by atoms with Gasteiger partial charge in [0.2, 0.25) is 0 Å². The molecule has 1 aromatic heterocycles. The molecule has 4 aromatic rings. The number of cyclic esters (lactones) is 1. The Labute approximate surface area is 172 Å². The molecule has 6 heteroatoms. The minimum absolute atomic E-state index is 0.269. The van der Waals surface area contributed by atoms with Crippen molar-refractivity contribution < 1.29 is 13.9 Å². The summed E-state index contributed by atoms with van der Waals surface area (Å²) < 4.78 is 12.5. The zero-order valence-electron chi connectivity index (χ0n) is 16.6. The molecule has 0 N–H and O–H groups in total. The first-order chi connectivity index (χ1) is 14.5. The van der Waals surface area contributed by atoms with E-state index in [0.717, 1.165) is 5.56 Å². The predicted molar refractivity (Wildman–Crippen MR) is 114 cm³/mol. The van der Waals surface area contributed by atoms with Gasteiger partial charge in [-0.2, -0.15) is 0 Å². The molecule has 1 fully saturated rings. The van der Waals surface area contributed by atoms with Crippen molar-refractivity contribution in [3.63, 3.8) is 0 Å². The smallest absolute Gasteiger partial charge is 0.424 e. The topological polar surface area (TPSA) is 64.7 Å². The summed E-state index contributed by atoms with van der Waals surface area (Å²) in [5, 5.41) is 0. The molecule has 3 aromatic carbocycles. The summed E-state index contributed by atoms with van der Waals surface area (Å²) in [4.78, 5) is 26.8. The van der Waals surface area contributed by atoms with Crippen molar-refractivity contribution in [1.29, 1.82) is 0 Å². The second-order valence-corrected chi connectivity index (χ2v) is 7.84. The number of oxazole rings is 1. The van der Waals surface area contributed by atoms with Crippen molar-refractivity contribution in [2.45, 2.75) is 25.5 Å². The van der Waals surface area contributed by atoms with E-state index in [0.29, 0.717) is 22.5 Å². The Morgan fingerprint density at radius 3 is 2.17 bits per heavy atom. The Kier molecular flexibility index (Phi) is 4.03. The van der Waals surface area contributed by atoms with E-state index in [1.165, 1.54) is 4.57 Å². The highest BCUT2D eigenvalue weighted by molar-refractivity contribution is 5.91. The number of fused-ring (bicyclic) bond motifs is 1. The second kappa shape index (κ2) is 6.62. The maximum Gasteiger partial charge on any atom is 0.424 e. The Morgan fingerprint density at radius 1 is 0.800 bits per heavy atom. The third kappa shape index (κ3) is 2.80. The van der Waals surface area contributed by atoms with Crippen LogP contribution >= 0.6 is 0 Å². The van der Waals surface area contributed by atoms with Gasteiger partial charge in [-0.25, -0.2) is 14.2 Å². The number of amides is 1. The number of aromatic nitrogens is 1. The monoisotopic (exact) mass is 400 g/mol. The average Bonchev–Trinajstić information content (AvgIpc) is 3.20. The average molecular weight is 400 g/mol. The van der Waals surface area contributed by atoms with Crippen molar-refractivity contribution in [2.75, 3.05) is 4.90 Å². The minimum atomic E-state index is -0.686. The van der Waals surface area contributed by atoms with Crippen LogP contribution in [0.1, 0.15) is 25.5 Å². The normalized spacial score (nSPS) is 18.0. The van der Waals surface area contributed by atoms with Crippen LogP contribution < -0.4 is 10.7 Å². The van der Waals surface area contributed by atoms with Crippen molar-refractivity contribution in [1.82, 2.24) is 4.57 Å².